The highest BCUT2D eigenvalue weighted by Crippen LogP contribution is 2.45. The maximum absolute atomic E-state index is 6.09. The van der Waals surface area contributed by atoms with Crippen LogP contribution in [0.2, 0.25) is 5.02 Å². The highest BCUT2D eigenvalue weighted by Gasteiger charge is 2.35. The molecule has 2 aromatic rings. The van der Waals surface area contributed by atoms with Crippen molar-refractivity contribution in [1.82, 2.24) is 10.2 Å². The minimum atomic E-state index is 0.155. The molecule has 1 fully saturated rings. The lowest BCUT2D eigenvalue weighted by Gasteiger charge is -2.23. The summed E-state index contributed by atoms with van der Waals surface area (Å²) in [6.45, 7) is 2.29. The van der Waals surface area contributed by atoms with Crippen molar-refractivity contribution in [2.45, 2.75) is 38.0 Å². The molecule has 19 heavy (non-hydrogen) atoms. The summed E-state index contributed by atoms with van der Waals surface area (Å²) in [5.41, 5.74) is 9.44. The van der Waals surface area contributed by atoms with E-state index in [1.807, 2.05) is 24.3 Å². The number of aromatic nitrogens is 2. The Hall–Kier alpha value is -1.48. The first-order valence-corrected chi connectivity index (χ1v) is 7.08. The summed E-state index contributed by atoms with van der Waals surface area (Å²) >= 11 is 6.09. The predicted molar refractivity (Wildman–Crippen MR) is 79.3 cm³/mol. The van der Waals surface area contributed by atoms with Crippen LogP contribution in [0.15, 0.2) is 24.3 Å². The van der Waals surface area contributed by atoms with Gasteiger partial charge in [-0.3, -0.25) is 5.10 Å². The number of benzene rings is 1. The van der Waals surface area contributed by atoms with Gasteiger partial charge in [0.1, 0.15) is 0 Å². The Bertz CT molecular complexity index is 597. The van der Waals surface area contributed by atoms with Gasteiger partial charge in [-0.1, -0.05) is 43.5 Å². The summed E-state index contributed by atoms with van der Waals surface area (Å²) in [7, 11) is 0. The molecule has 3 nitrogen and oxygen atoms in total. The lowest BCUT2D eigenvalue weighted by atomic mass is 9.81. The van der Waals surface area contributed by atoms with Gasteiger partial charge >= 0.3 is 0 Å². The second kappa shape index (κ2) is 4.57. The Morgan fingerprint density at radius 1 is 1.32 bits per heavy atom. The fourth-order valence-corrected chi connectivity index (χ4v) is 3.32. The summed E-state index contributed by atoms with van der Waals surface area (Å²) in [5.74, 6) is 0.561. The third-order valence-corrected chi connectivity index (χ3v) is 4.45. The van der Waals surface area contributed by atoms with Crippen LogP contribution in [0.25, 0.3) is 11.1 Å². The van der Waals surface area contributed by atoms with Gasteiger partial charge in [0.2, 0.25) is 0 Å². The zero-order chi connectivity index (χ0) is 13.5. The summed E-state index contributed by atoms with van der Waals surface area (Å²) < 4.78 is 0. The molecule has 3 rings (SSSR count). The SMILES string of the molecule is CC1(c2[nH]nc(N)c2-c2cccc(Cl)c2)CCCC1. The number of halogens is 1. The van der Waals surface area contributed by atoms with E-state index in [2.05, 4.69) is 17.1 Å². The third-order valence-electron chi connectivity index (χ3n) is 4.22. The van der Waals surface area contributed by atoms with E-state index in [9.17, 15) is 0 Å². The van der Waals surface area contributed by atoms with Crippen LogP contribution in [0.3, 0.4) is 0 Å². The van der Waals surface area contributed by atoms with Crippen LogP contribution in [0, 0.1) is 0 Å². The van der Waals surface area contributed by atoms with Crippen molar-refractivity contribution in [2.75, 3.05) is 5.73 Å². The van der Waals surface area contributed by atoms with Gasteiger partial charge in [-0.05, 0) is 30.5 Å². The van der Waals surface area contributed by atoms with Crippen molar-refractivity contribution in [2.24, 2.45) is 0 Å². The summed E-state index contributed by atoms with van der Waals surface area (Å²) in [4.78, 5) is 0. The molecule has 3 N–H and O–H groups in total. The highest BCUT2D eigenvalue weighted by atomic mass is 35.5. The van der Waals surface area contributed by atoms with E-state index in [0.717, 1.165) is 21.8 Å². The number of nitrogens with zero attached hydrogens (tertiary/aromatic N) is 1. The molecule has 0 aliphatic heterocycles. The number of nitrogen functional groups attached to an aromatic ring is 1. The van der Waals surface area contributed by atoms with Crippen LogP contribution in [-0.4, -0.2) is 10.2 Å². The Kier molecular flexibility index (Phi) is 3.02. The van der Waals surface area contributed by atoms with Gasteiger partial charge in [-0.2, -0.15) is 5.10 Å². The van der Waals surface area contributed by atoms with Crippen molar-refractivity contribution < 1.29 is 0 Å². The van der Waals surface area contributed by atoms with Crippen LogP contribution in [0.4, 0.5) is 5.82 Å². The number of anilines is 1. The van der Waals surface area contributed by atoms with Crippen LogP contribution >= 0.6 is 11.6 Å². The molecule has 0 spiro atoms. The van der Waals surface area contributed by atoms with Gasteiger partial charge in [0, 0.05) is 16.0 Å². The van der Waals surface area contributed by atoms with Crippen LogP contribution in [0.1, 0.15) is 38.3 Å². The standard InChI is InChI=1S/C15H18ClN3/c1-15(7-2-3-8-15)13-12(14(17)19-18-13)10-5-4-6-11(16)9-10/h4-6,9H,2-3,7-8H2,1H3,(H3,17,18,19). The second-order valence-electron chi connectivity index (χ2n) is 5.64. The first-order valence-electron chi connectivity index (χ1n) is 6.70. The average Bonchev–Trinajstić information content (AvgIpc) is 2.97. The molecular weight excluding hydrogens is 258 g/mol. The number of nitrogens with one attached hydrogen (secondary N) is 1. The molecule has 0 unspecified atom stereocenters. The van der Waals surface area contributed by atoms with E-state index in [1.165, 1.54) is 25.7 Å². The van der Waals surface area contributed by atoms with E-state index in [-0.39, 0.29) is 5.41 Å². The minimum absolute atomic E-state index is 0.155. The zero-order valence-corrected chi connectivity index (χ0v) is 11.8. The molecule has 100 valence electrons. The fraction of sp³-hybridized carbons (Fsp3) is 0.400. The van der Waals surface area contributed by atoms with E-state index < -0.39 is 0 Å². The van der Waals surface area contributed by atoms with Gasteiger partial charge in [-0.25, -0.2) is 0 Å². The molecule has 0 bridgehead atoms. The minimum Gasteiger partial charge on any atom is -0.382 e. The molecule has 0 amide bonds. The smallest absolute Gasteiger partial charge is 0.153 e. The summed E-state index contributed by atoms with van der Waals surface area (Å²) in [6.07, 6.45) is 4.90. The van der Waals surface area contributed by atoms with E-state index in [4.69, 9.17) is 17.3 Å². The number of hydrogen-bond acceptors (Lipinski definition) is 2. The van der Waals surface area contributed by atoms with Crippen molar-refractivity contribution in [3.05, 3.63) is 35.0 Å². The normalized spacial score (nSPS) is 17.8. The molecule has 1 saturated carbocycles. The van der Waals surface area contributed by atoms with Crippen molar-refractivity contribution in [3.63, 3.8) is 0 Å². The van der Waals surface area contributed by atoms with E-state index in [0.29, 0.717) is 5.82 Å². The molecule has 1 aliphatic carbocycles. The molecule has 1 heterocycles. The molecular formula is C15H18ClN3. The van der Waals surface area contributed by atoms with Gasteiger partial charge in [-0.15, -0.1) is 0 Å². The largest absolute Gasteiger partial charge is 0.382 e. The van der Waals surface area contributed by atoms with Crippen LogP contribution < -0.4 is 5.73 Å². The van der Waals surface area contributed by atoms with Crippen LogP contribution in [0.5, 0.6) is 0 Å². The highest BCUT2D eigenvalue weighted by molar-refractivity contribution is 6.30. The van der Waals surface area contributed by atoms with Crippen LogP contribution in [-0.2, 0) is 5.41 Å². The number of nitrogens with two attached hydrogens (primary N) is 1. The average molecular weight is 276 g/mol. The van der Waals surface area contributed by atoms with Gasteiger partial charge in [0.05, 0.1) is 5.69 Å². The number of hydrogen-bond donors (Lipinski definition) is 2. The molecule has 1 aromatic heterocycles. The molecule has 0 saturated heterocycles. The molecule has 0 atom stereocenters. The second-order valence-corrected chi connectivity index (χ2v) is 6.07. The van der Waals surface area contributed by atoms with E-state index >= 15 is 0 Å². The third kappa shape index (κ3) is 2.12. The van der Waals surface area contributed by atoms with Crippen molar-refractivity contribution >= 4 is 17.4 Å². The zero-order valence-electron chi connectivity index (χ0n) is 11.0. The number of H-pyrrole nitrogens is 1. The predicted octanol–water partition coefficient (Wildman–Crippen LogP) is 4.14. The van der Waals surface area contributed by atoms with Gasteiger partial charge in [0.25, 0.3) is 0 Å². The number of aromatic amines is 1. The Morgan fingerprint density at radius 2 is 2.05 bits per heavy atom. The van der Waals surface area contributed by atoms with Crippen molar-refractivity contribution in [1.29, 1.82) is 0 Å². The maximum atomic E-state index is 6.09. The topological polar surface area (TPSA) is 54.7 Å². The fourth-order valence-electron chi connectivity index (χ4n) is 3.13. The number of rotatable bonds is 2. The molecule has 4 heteroatoms. The van der Waals surface area contributed by atoms with Crippen molar-refractivity contribution in [3.8, 4) is 11.1 Å². The van der Waals surface area contributed by atoms with E-state index in [1.54, 1.807) is 0 Å². The Labute approximate surface area is 118 Å². The first kappa shape index (κ1) is 12.5. The van der Waals surface area contributed by atoms with Gasteiger partial charge in [0.15, 0.2) is 5.82 Å². The molecule has 0 radical (unpaired) electrons. The maximum Gasteiger partial charge on any atom is 0.153 e. The Balaban J connectivity index is 2.13. The Morgan fingerprint density at radius 3 is 2.74 bits per heavy atom. The molecule has 1 aromatic carbocycles. The lowest BCUT2D eigenvalue weighted by molar-refractivity contribution is 0.476. The first-order chi connectivity index (χ1) is 9.10. The lowest BCUT2D eigenvalue weighted by Crippen LogP contribution is -2.18. The molecule has 1 aliphatic rings. The quantitative estimate of drug-likeness (QED) is 0.865. The van der Waals surface area contributed by atoms with Gasteiger partial charge < -0.3 is 5.73 Å². The summed E-state index contributed by atoms with van der Waals surface area (Å²) in [5, 5.41) is 8.10. The monoisotopic (exact) mass is 275 g/mol. The summed E-state index contributed by atoms with van der Waals surface area (Å²) in [6, 6.07) is 7.81.